The van der Waals surface area contributed by atoms with E-state index in [-0.39, 0.29) is 5.82 Å². The Morgan fingerprint density at radius 1 is 1.40 bits per heavy atom. The highest BCUT2D eigenvalue weighted by molar-refractivity contribution is 5.17. The minimum absolute atomic E-state index is 0.191. The number of hydrogen-bond acceptors (Lipinski definition) is 1. The van der Waals surface area contributed by atoms with Crippen LogP contribution < -0.4 is 0 Å². The lowest BCUT2D eigenvalue weighted by molar-refractivity contribution is 0.287. The summed E-state index contributed by atoms with van der Waals surface area (Å²) in [5.41, 5.74) is 1.13. The molecule has 1 rings (SSSR count). The summed E-state index contributed by atoms with van der Waals surface area (Å²) in [7, 11) is 1.99. The third-order valence-electron chi connectivity index (χ3n) is 2.54. The van der Waals surface area contributed by atoms with Crippen LogP contribution in [0.15, 0.2) is 24.3 Å². The van der Waals surface area contributed by atoms with Crippen molar-refractivity contribution < 1.29 is 4.39 Å². The highest BCUT2D eigenvalue weighted by Gasteiger charge is 2.08. The van der Waals surface area contributed by atoms with E-state index in [1.165, 1.54) is 12.1 Å². The maximum absolute atomic E-state index is 12.7. The lowest BCUT2D eigenvalue weighted by Gasteiger charge is -2.22. The molecule has 80 valence electrons. The first kappa shape index (κ1) is 11.7. The summed E-state index contributed by atoms with van der Waals surface area (Å²) in [6.45, 7) is 2.75. The van der Waals surface area contributed by atoms with Gasteiger partial charge < -0.3 is 0 Å². The molecule has 0 spiro atoms. The normalized spacial score (nSPS) is 12.5. The second-order valence-electron chi connectivity index (χ2n) is 3.80. The molecule has 0 N–H and O–H groups in total. The lowest BCUT2D eigenvalue weighted by atomic mass is 10.1. The first-order valence-corrected chi connectivity index (χ1v) is 5.01. The van der Waals surface area contributed by atoms with E-state index in [9.17, 15) is 4.39 Å². The fraction of sp³-hybridized carbons (Fsp3) is 0.385. The highest BCUT2D eigenvalue weighted by atomic mass is 19.1. The summed E-state index contributed by atoms with van der Waals surface area (Å²) < 4.78 is 12.7. The van der Waals surface area contributed by atoms with Crippen LogP contribution in [0.4, 0.5) is 4.39 Å². The molecule has 0 saturated carbocycles. The van der Waals surface area contributed by atoms with E-state index in [0.29, 0.717) is 12.6 Å². The minimum atomic E-state index is -0.191. The molecule has 0 saturated heterocycles. The molecule has 0 radical (unpaired) electrons. The Morgan fingerprint density at radius 2 is 2.00 bits per heavy atom. The van der Waals surface area contributed by atoms with Gasteiger partial charge in [-0.3, -0.25) is 4.90 Å². The van der Waals surface area contributed by atoms with Crippen molar-refractivity contribution in [3.05, 3.63) is 35.6 Å². The molecular formula is C13H16FN. The average Bonchev–Trinajstić information content (AvgIpc) is 2.22. The predicted molar refractivity (Wildman–Crippen MR) is 61.0 cm³/mol. The Morgan fingerprint density at radius 3 is 2.53 bits per heavy atom. The first-order valence-electron chi connectivity index (χ1n) is 5.01. The summed E-state index contributed by atoms with van der Waals surface area (Å²) in [4.78, 5) is 2.10. The number of rotatable bonds is 4. The van der Waals surface area contributed by atoms with Crippen LogP contribution in [-0.4, -0.2) is 24.5 Å². The second-order valence-corrected chi connectivity index (χ2v) is 3.80. The zero-order valence-electron chi connectivity index (χ0n) is 9.20. The molecule has 1 aromatic carbocycles. The fourth-order valence-electron chi connectivity index (χ4n) is 1.42. The Balaban J connectivity index is 2.55. The molecule has 2 heteroatoms. The van der Waals surface area contributed by atoms with Gasteiger partial charge in [-0.05, 0) is 38.1 Å². The number of likely N-dealkylation sites (N-methyl/N-ethyl adjacent to an activating group) is 1. The summed E-state index contributed by atoms with van der Waals surface area (Å²) in [5.74, 6) is 2.42. The van der Waals surface area contributed by atoms with Gasteiger partial charge in [-0.25, -0.2) is 4.39 Å². The molecule has 0 aliphatic carbocycles. The number of benzene rings is 1. The maximum atomic E-state index is 12.7. The molecule has 0 fully saturated rings. The van der Waals surface area contributed by atoms with Crippen LogP contribution >= 0.6 is 0 Å². The van der Waals surface area contributed by atoms with Crippen LogP contribution in [0.2, 0.25) is 0 Å². The molecule has 0 aliphatic rings. The lowest BCUT2D eigenvalue weighted by Crippen LogP contribution is -2.31. The molecule has 0 bridgehead atoms. The summed E-state index contributed by atoms with van der Waals surface area (Å²) in [6.07, 6.45) is 6.13. The molecule has 15 heavy (non-hydrogen) atoms. The van der Waals surface area contributed by atoms with Crippen LogP contribution in [0.3, 0.4) is 0 Å². The Kier molecular flexibility index (Phi) is 4.33. The van der Waals surface area contributed by atoms with E-state index < -0.39 is 0 Å². The smallest absolute Gasteiger partial charge is 0.123 e. The van der Waals surface area contributed by atoms with Gasteiger partial charge in [0.05, 0.1) is 6.54 Å². The van der Waals surface area contributed by atoms with Crippen LogP contribution in [0.1, 0.15) is 12.5 Å². The number of hydrogen-bond donors (Lipinski definition) is 0. The van der Waals surface area contributed by atoms with E-state index in [1.54, 1.807) is 0 Å². The minimum Gasteiger partial charge on any atom is -0.292 e. The predicted octanol–water partition coefficient (Wildman–Crippen LogP) is 2.32. The van der Waals surface area contributed by atoms with E-state index >= 15 is 0 Å². The standard InChI is InChI=1S/C13H16FN/c1-4-9-15(3)11(2)10-12-5-7-13(14)8-6-12/h1,5-8,11H,9-10H2,2-3H3/t11-/m0/s1. The zero-order valence-corrected chi connectivity index (χ0v) is 9.20. The van der Waals surface area contributed by atoms with E-state index in [1.807, 2.05) is 19.2 Å². The zero-order chi connectivity index (χ0) is 11.3. The molecule has 1 aromatic rings. The van der Waals surface area contributed by atoms with Gasteiger partial charge in [0, 0.05) is 6.04 Å². The second kappa shape index (κ2) is 5.53. The summed E-state index contributed by atoms with van der Waals surface area (Å²) >= 11 is 0. The van der Waals surface area contributed by atoms with Gasteiger partial charge in [0.1, 0.15) is 5.82 Å². The molecule has 0 aromatic heterocycles. The van der Waals surface area contributed by atoms with Crippen LogP contribution in [0.25, 0.3) is 0 Å². The third-order valence-corrected chi connectivity index (χ3v) is 2.54. The van der Waals surface area contributed by atoms with Crippen LogP contribution in [0.5, 0.6) is 0 Å². The fourth-order valence-corrected chi connectivity index (χ4v) is 1.42. The number of nitrogens with zero attached hydrogens (tertiary/aromatic N) is 1. The van der Waals surface area contributed by atoms with Gasteiger partial charge in [0.25, 0.3) is 0 Å². The largest absolute Gasteiger partial charge is 0.292 e. The molecule has 1 nitrogen and oxygen atoms in total. The monoisotopic (exact) mass is 205 g/mol. The molecular weight excluding hydrogens is 189 g/mol. The van der Waals surface area contributed by atoms with Gasteiger partial charge in [-0.15, -0.1) is 6.42 Å². The van der Waals surface area contributed by atoms with Crippen LogP contribution in [0, 0.1) is 18.2 Å². The Bertz CT molecular complexity index is 337. The molecule has 0 heterocycles. The average molecular weight is 205 g/mol. The van der Waals surface area contributed by atoms with Gasteiger partial charge in [-0.1, -0.05) is 18.1 Å². The van der Waals surface area contributed by atoms with Crippen molar-refractivity contribution in [2.24, 2.45) is 0 Å². The maximum Gasteiger partial charge on any atom is 0.123 e. The van der Waals surface area contributed by atoms with Gasteiger partial charge >= 0.3 is 0 Å². The van der Waals surface area contributed by atoms with Gasteiger partial charge in [0.2, 0.25) is 0 Å². The van der Waals surface area contributed by atoms with Crippen molar-refractivity contribution in [1.82, 2.24) is 4.90 Å². The van der Waals surface area contributed by atoms with E-state index in [0.717, 1.165) is 12.0 Å². The van der Waals surface area contributed by atoms with Crippen LogP contribution in [-0.2, 0) is 6.42 Å². The summed E-state index contributed by atoms with van der Waals surface area (Å²) in [6, 6.07) is 6.98. The molecule has 0 unspecified atom stereocenters. The third kappa shape index (κ3) is 3.73. The quantitative estimate of drug-likeness (QED) is 0.682. The SMILES string of the molecule is C#CCN(C)[C@@H](C)Cc1ccc(F)cc1. The van der Waals surface area contributed by atoms with Crippen molar-refractivity contribution in [2.45, 2.75) is 19.4 Å². The van der Waals surface area contributed by atoms with Crippen molar-refractivity contribution in [1.29, 1.82) is 0 Å². The molecule has 1 atom stereocenters. The highest BCUT2D eigenvalue weighted by Crippen LogP contribution is 2.08. The van der Waals surface area contributed by atoms with Crippen molar-refractivity contribution in [3.8, 4) is 12.3 Å². The Hall–Kier alpha value is -1.33. The van der Waals surface area contributed by atoms with Gasteiger partial charge in [0.15, 0.2) is 0 Å². The molecule has 0 aliphatic heterocycles. The number of halogens is 1. The van der Waals surface area contributed by atoms with Crippen molar-refractivity contribution >= 4 is 0 Å². The number of terminal acetylenes is 1. The van der Waals surface area contributed by atoms with E-state index in [2.05, 4.69) is 17.7 Å². The van der Waals surface area contributed by atoms with Crippen molar-refractivity contribution in [2.75, 3.05) is 13.6 Å². The summed E-state index contributed by atoms with van der Waals surface area (Å²) in [5, 5.41) is 0. The molecule has 0 amide bonds. The van der Waals surface area contributed by atoms with Gasteiger partial charge in [-0.2, -0.15) is 0 Å². The topological polar surface area (TPSA) is 3.24 Å². The Labute approximate surface area is 90.9 Å². The van der Waals surface area contributed by atoms with E-state index in [4.69, 9.17) is 6.42 Å². The first-order chi connectivity index (χ1) is 7.13. The van der Waals surface area contributed by atoms with Crippen molar-refractivity contribution in [3.63, 3.8) is 0 Å².